The van der Waals surface area contributed by atoms with Gasteiger partial charge in [-0.05, 0) is 56.8 Å². The van der Waals surface area contributed by atoms with E-state index >= 15 is 0 Å². The van der Waals surface area contributed by atoms with Crippen LogP contribution in [0.5, 0.6) is 0 Å². The van der Waals surface area contributed by atoms with E-state index in [2.05, 4.69) is 57.1 Å². The van der Waals surface area contributed by atoms with Gasteiger partial charge in [0.15, 0.2) is 0 Å². The minimum Gasteiger partial charge on any atom is -0.382 e. The zero-order chi connectivity index (χ0) is 20.3. The van der Waals surface area contributed by atoms with Gasteiger partial charge in [0.25, 0.3) is 0 Å². The predicted octanol–water partition coefficient (Wildman–Crippen LogP) is 5.88. The van der Waals surface area contributed by atoms with E-state index in [1.54, 1.807) is 11.4 Å². The molecule has 3 nitrogen and oxygen atoms in total. The Bertz CT molecular complexity index is 459. The van der Waals surface area contributed by atoms with E-state index in [0.717, 1.165) is 38.5 Å². The van der Waals surface area contributed by atoms with Crippen LogP contribution in [0.15, 0.2) is 10.9 Å². The Balaban J connectivity index is -0.000000452. The average Bonchev–Trinajstić information content (AvgIpc) is 2.59. The quantitative estimate of drug-likeness (QED) is 0.444. The third-order valence-electron chi connectivity index (χ3n) is 2.85. The molecule has 0 heterocycles. The summed E-state index contributed by atoms with van der Waals surface area (Å²) < 4.78 is 0.450. The molecule has 0 aliphatic carbocycles. The molecule has 0 bridgehead atoms. The van der Waals surface area contributed by atoms with Crippen LogP contribution < -0.4 is 10.7 Å². The zero-order valence-corrected chi connectivity index (χ0v) is 19.3. The molecular weight excluding hydrogens is 348 g/mol. The number of unbranched alkanes of at least 4 members (excludes halogenated alkanes) is 1. The van der Waals surface area contributed by atoms with Gasteiger partial charge in [-0.25, -0.2) is 0 Å². The number of hydrogen-bond acceptors (Lipinski definition) is 5. The van der Waals surface area contributed by atoms with Crippen LogP contribution in [0.1, 0.15) is 68.2 Å². The molecule has 0 spiro atoms. The molecule has 0 aromatic heterocycles. The third kappa shape index (κ3) is 19.5. The topological polar surface area (TPSA) is 32.3 Å². The molecule has 0 aliphatic heterocycles. The highest BCUT2D eigenvalue weighted by Gasteiger charge is 2.04. The minimum atomic E-state index is -0.00116. The van der Waals surface area contributed by atoms with Gasteiger partial charge in [-0.3, -0.25) is 4.79 Å². The molecule has 1 aromatic carbocycles. The smallest absolute Gasteiger partial charge is 0.219 e. The van der Waals surface area contributed by atoms with E-state index in [1.807, 2.05) is 20.8 Å². The maximum absolute atomic E-state index is 11.1. The summed E-state index contributed by atoms with van der Waals surface area (Å²) in [5, 5.41) is 4.70. The van der Waals surface area contributed by atoms with E-state index in [1.165, 1.54) is 6.42 Å². The number of nitrogens with zero attached hydrogens (tertiary/aromatic N) is 1. The summed E-state index contributed by atoms with van der Waals surface area (Å²) in [5.74, 6) is 0.833. The second-order valence-corrected chi connectivity index (χ2v) is 6.79. The lowest BCUT2D eigenvalue weighted by Gasteiger charge is -2.17. The molecule has 0 saturated carbocycles. The summed E-state index contributed by atoms with van der Waals surface area (Å²) in [7, 11) is 0. The van der Waals surface area contributed by atoms with Crippen molar-refractivity contribution in [2.45, 2.75) is 68.2 Å². The van der Waals surface area contributed by atoms with Crippen LogP contribution >= 0.6 is 24.4 Å². The molecule has 0 amide bonds. The largest absolute Gasteiger partial charge is 0.382 e. The van der Waals surface area contributed by atoms with Crippen molar-refractivity contribution in [2.24, 2.45) is 5.92 Å². The lowest BCUT2D eigenvalue weighted by molar-refractivity contribution is 0.298. The van der Waals surface area contributed by atoms with Gasteiger partial charge in [0.05, 0.1) is 10.2 Å². The average molecular weight is 389 g/mol. The number of rotatable bonds is 8. The molecule has 0 atom stereocenters. The Kier molecular flexibility index (Phi) is 24.9. The van der Waals surface area contributed by atoms with Gasteiger partial charge in [0.2, 0.25) is 5.43 Å². The number of anilines is 1. The summed E-state index contributed by atoms with van der Waals surface area (Å²) in [6.45, 7) is 20.9. The summed E-state index contributed by atoms with van der Waals surface area (Å²) in [6.07, 6.45) is 2.26. The fraction of sp³-hybridized carbons (Fsp3) is 0.750. The van der Waals surface area contributed by atoms with Gasteiger partial charge in [-0.1, -0.05) is 72.9 Å². The van der Waals surface area contributed by atoms with Crippen molar-refractivity contribution in [1.82, 2.24) is 4.90 Å². The summed E-state index contributed by atoms with van der Waals surface area (Å²) in [5.41, 5.74) is 0.687. The van der Waals surface area contributed by atoms with Gasteiger partial charge in [-0.15, -0.1) is 0 Å². The second kappa shape index (κ2) is 21.4. The molecule has 1 N–H and O–H groups in total. The highest BCUT2D eigenvalue weighted by molar-refractivity contribution is 7.78. The third-order valence-corrected chi connectivity index (χ3v) is 3.16. The highest BCUT2D eigenvalue weighted by Crippen LogP contribution is 2.04. The normalized spacial score (nSPS) is 9.36. The maximum Gasteiger partial charge on any atom is 0.219 e. The molecule has 148 valence electrons. The summed E-state index contributed by atoms with van der Waals surface area (Å²) >= 11 is 9.05. The maximum atomic E-state index is 11.1. The number of hydrogen-bond donors (Lipinski definition) is 1. The van der Waals surface area contributed by atoms with Crippen LogP contribution in [0.25, 0.3) is 0 Å². The first-order valence-corrected chi connectivity index (χ1v) is 10.4. The fourth-order valence-corrected chi connectivity index (χ4v) is 1.90. The first-order valence-electron chi connectivity index (χ1n) is 9.50. The van der Waals surface area contributed by atoms with Crippen LogP contribution in [0.3, 0.4) is 0 Å². The Morgan fingerprint density at radius 3 is 1.92 bits per heavy atom. The number of thiocarbonyl (C=S) groups is 1. The highest BCUT2D eigenvalue weighted by atomic mass is 32.1. The first kappa shape index (κ1) is 29.1. The second-order valence-electron chi connectivity index (χ2n) is 5.88. The fourth-order valence-electron chi connectivity index (χ4n) is 1.67. The lowest BCUT2D eigenvalue weighted by atomic mass is 10.2. The van der Waals surface area contributed by atoms with Crippen molar-refractivity contribution in [3.63, 3.8) is 0 Å². The van der Waals surface area contributed by atoms with Crippen molar-refractivity contribution < 1.29 is 0 Å². The molecule has 0 radical (unpaired) electrons. The lowest BCUT2D eigenvalue weighted by Crippen LogP contribution is -2.24. The van der Waals surface area contributed by atoms with Crippen molar-refractivity contribution >= 4 is 35.5 Å². The van der Waals surface area contributed by atoms with Crippen LogP contribution in [0, 0.1) is 10.4 Å². The summed E-state index contributed by atoms with van der Waals surface area (Å²) in [4.78, 5) is 13.6. The molecule has 25 heavy (non-hydrogen) atoms. The molecule has 0 saturated heterocycles. The number of nitrogens with one attached hydrogen (secondary N) is 1. The van der Waals surface area contributed by atoms with E-state index in [0.29, 0.717) is 10.2 Å². The standard InChI is InChI=1S/C12H20N2OS.C4H10.C2H4S.C2H6/c1-3-14(4-2)8-6-5-7-13-10-9-11(16)12(10)15;1-4(2)3;1-2-3;1-2/h9,13H,3-8H2,1-2H3;4H,1-3H3;2H,1H3;1-2H3. The van der Waals surface area contributed by atoms with Gasteiger partial charge in [0.1, 0.15) is 0 Å². The van der Waals surface area contributed by atoms with Gasteiger partial charge in [0, 0.05) is 6.54 Å². The van der Waals surface area contributed by atoms with E-state index in [-0.39, 0.29) is 5.43 Å². The Morgan fingerprint density at radius 1 is 1.16 bits per heavy atom. The molecule has 1 rings (SSSR count). The van der Waals surface area contributed by atoms with Gasteiger partial charge in [-0.2, -0.15) is 0 Å². The zero-order valence-electron chi connectivity index (χ0n) is 17.6. The van der Waals surface area contributed by atoms with Crippen molar-refractivity contribution in [1.29, 1.82) is 0 Å². The summed E-state index contributed by atoms with van der Waals surface area (Å²) in [6, 6.07) is 1.74. The van der Waals surface area contributed by atoms with Crippen LogP contribution in [-0.2, 0) is 0 Å². The molecule has 0 aliphatic rings. The molecule has 1 aromatic rings. The molecule has 0 fully saturated rings. The Labute approximate surface area is 166 Å². The van der Waals surface area contributed by atoms with Gasteiger partial charge >= 0.3 is 0 Å². The van der Waals surface area contributed by atoms with Crippen LogP contribution in [-0.4, -0.2) is 36.4 Å². The van der Waals surface area contributed by atoms with E-state index < -0.39 is 0 Å². The van der Waals surface area contributed by atoms with Crippen molar-refractivity contribution in [2.75, 3.05) is 31.5 Å². The minimum absolute atomic E-state index is 0.00116. The van der Waals surface area contributed by atoms with Crippen molar-refractivity contribution in [3.05, 3.63) is 20.8 Å². The van der Waals surface area contributed by atoms with E-state index in [4.69, 9.17) is 12.2 Å². The Hall–Kier alpha value is -0.650. The SMILES string of the molecule is CC.CC(C)C.CC=S.CCN(CC)CCCCNc1cc(=S)c1=O. The van der Waals surface area contributed by atoms with E-state index in [9.17, 15) is 4.79 Å². The molecule has 5 heteroatoms. The van der Waals surface area contributed by atoms with Crippen LogP contribution in [0.4, 0.5) is 5.69 Å². The van der Waals surface area contributed by atoms with Gasteiger partial charge < -0.3 is 10.2 Å². The molecular formula is C20H40N2OS2. The Morgan fingerprint density at radius 2 is 1.60 bits per heavy atom. The predicted molar refractivity (Wildman–Crippen MR) is 123 cm³/mol. The first-order chi connectivity index (χ1) is 11.8. The van der Waals surface area contributed by atoms with Crippen LogP contribution in [0.2, 0.25) is 0 Å². The monoisotopic (exact) mass is 388 g/mol. The van der Waals surface area contributed by atoms with Crippen molar-refractivity contribution in [3.8, 4) is 0 Å². The molecule has 0 unspecified atom stereocenters.